The molecule has 0 aromatic heterocycles. The fourth-order valence-corrected chi connectivity index (χ4v) is 3.66. The van der Waals surface area contributed by atoms with Crippen LogP contribution in [0.3, 0.4) is 0 Å². The maximum absolute atomic E-state index is 11.4. The summed E-state index contributed by atoms with van der Waals surface area (Å²) in [5.74, 6) is -2.51. The number of carboxylic acids is 1. The van der Waals surface area contributed by atoms with Gasteiger partial charge in [0.15, 0.2) is 6.29 Å². The normalized spacial score (nSPS) is 44.1. The van der Waals surface area contributed by atoms with E-state index in [2.05, 4.69) is 0 Å². The van der Waals surface area contributed by atoms with Gasteiger partial charge in [0.05, 0.1) is 25.4 Å². The van der Waals surface area contributed by atoms with Crippen molar-refractivity contribution in [1.29, 1.82) is 0 Å². The number of hydrogen-bond donors (Lipinski definition) is 7. The average Bonchev–Trinajstić information content (AvgIpc) is 2.99. The van der Waals surface area contributed by atoms with E-state index in [1.807, 2.05) is 0 Å². The van der Waals surface area contributed by atoms with Gasteiger partial charge in [0.25, 0.3) is 0 Å². The molecule has 0 aromatic carbocycles. The van der Waals surface area contributed by atoms with Gasteiger partial charge in [0.1, 0.15) is 35.6 Å². The molecule has 0 radical (unpaired) electrons. The van der Waals surface area contributed by atoms with Gasteiger partial charge < -0.3 is 50.0 Å². The van der Waals surface area contributed by atoms with Crippen LogP contribution in [0.5, 0.6) is 0 Å². The fourth-order valence-electron chi connectivity index (χ4n) is 3.66. The molecular weight excluding hydrogens is 368 g/mol. The standard InChI is InChI=1S/C16H22O11/c17-3-6-1-2-16(24)7(13(22)23)5-25-14(9(6)16)27-15-12(21)11(20)10(19)8(4-18)26-15/h1,5,8-12,14-15,17-21,24H,2-4H2,(H,22,23)/t8-,9-,10-,11-,12-,14-,15+,16-/m0/s1. The molecule has 3 aliphatic rings. The van der Waals surface area contributed by atoms with Crippen molar-refractivity contribution in [1.82, 2.24) is 0 Å². The van der Waals surface area contributed by atoms with Crippen molar-refractivity contribution in [3.8, 4) is 0 Å². The summed E-state index contributed by atoms with van der Waals surface area (Å²) < 4.78 is 16.0. The number of fused-ring (bicyclic) bond motifs is 1. The first-order valence-electron chi connectivity index (χ1n) is 8.32. The van der Waals surface area contributed by atoms with E-state index < -0.39 is 73.3 Å². The summed E-state index contributed by atoms with van der Waals surface area (Å²) in [6.07, 6.45) is -6.87. The molecule has 1 fully saturated rings. The second-order valence-electron chi connectivity index (χ2n) is 6.72. The van der Waals surface area contributed by atoms with Crippen molar-refractivity contribution < 1.29 is 54.8 Å². The minimum absolute atomic E-state index is 0.0937. The van der Waals surface area contributed by atoms with Crippen LogP contribution in [0.25, 0.3) is 0 Å². The minimum Gasteiger partial charge on any atom is -0.478 e. The predicted molar refractivity (Wildman–Crippen MR) is 83.7 cm³/mol. The molecule has 1 saturated heterocycles. The molecule has 1 aliphatic carbocycles. The topological polar surface area (TPSA) is 186 Å². The van der Waals surface area contributed by atoms with Crippen LogP contribution in [0.2, 0.25) is 0 Å². The quantitative estimate of drug-likeness (QED) is 0.234. The van der Waals surface area contributed by atoms with Gasteiger partial charge >= 0.3 is 5.97 Å². The molecule has 0 amide bonds. The first kappa shape index (κ1) is 20.2. The Hall–Kier alpha value is -1.57. The Morgan fingerprint density at radius 2 is 1.89 bits per heavy atom. The third-order valence-corrected chi connectivity index (χ3v) is 5.18. The lowest BCUT2D eigenvalue weighted by atomic mass is 9.79. The van der Waals surface area contributed by atoms with Crippen LogP contribution < -0.4 is 0 Å². The van der Waals surface area contributed by atoms with E-state index in [0.29, 0.717) is 0 Å². The zero-order chi connectivity index (χ0) is 19.9. The second kappa shape index (κ2) is 7.45. The highest BCUT2D eigenvalue weighted by Crippen LogP contribution is 2.47. The smallest absolute Gasteiger partial charge is 0.337 e. The first-order valence-corrected chi connectivity index (χ1v) is 8.32. The Kier molecular flexibility index (Phi) is 5.57. The summed E-state index contributed by atoms with van der Waals surface area (Å²) in [6, 6.07) is 0. The summed E-state index contributed by atoms with van der Waals surface area (Å²) in [7, 11) is 0. The Bertz CT molecular complexity index is 644. The van der Waals surface area contributed by atoms with Gasteiger partial charge in [-0.15, -0.1) is 0 Å². The van der Waals surface area contributed by atoms with E-state index in [0.717, 1.165) is 6.26 Å². The number of ether oxygens (including phenoxy) is 3. The number of aliphatic carboxylic acids is 1. The maximum Gasteiger partial charge on any atom is 0.337 e. The molecule has 7 N–H and O–H groups in total. The number of aliphatic hydroxyl groups excluding tert-OH is 5. The molecule has 0 bridgehead atoms. The highest BCUT2D eigenvalue weighted by Gasteiger charge is 2.56. The number of hydrogen-bond acceptors (Lipinski definition) is 10. The summed E-state index contributed by atoms with van der Waals surface area (Å²) in [5.41, 5.74) is -2.04. The zero-order valence-corrected chi connectivity index (χ0v) is 14.1. The molecule has 2 aliphatic heterocycles. The lowest BCUT2D eigenvalue weighted by molar-refractivity contribution is -0.343. The minimum atomic E-state index is -1.90. The van der Waals surface area contributed by atoms with Crippen LogP contribution in [0.4, 0.5) is 0 Å². The van der Waals surface area contributed by atoms with Crippen LogP contribution in [-0.2, 0) is 19.0 Å². The summed E-state index contributed by atoms with van der Waals surface area (Å²) in [5, 5.41) is 68.7. The molecule has 2 heterocycles. The van der Waals surface area contributed by atoms with Crippen molar-refractivity contribution >= 4 is 5.97 Å². The van der Waals surface area contributed by atoms with Gasteiger partial charge in [-0.3, -0.25) is 0 Å². The van der Waals surface area contributed by atoms with Gasteiger partial charge in [0.2, 0.25) is 6.29 Å². The lowest BCUT2D eigenvalue weighted by Gasteiger charge is -2.44. The molecule has 11 nitrogen and oxygen atoms in total. The van der Waals surface area contributed by atoms with Gasteiger partial charge in [0, 0.05) is 0 Å². The molecule has 27 heavy (non-hydrogen) atoms. The Morgan fingerprint density at radius 1 is 1.19 bits per heavy atom. The average molecular weight is 390 g/mol. The van der Waals surface area contributed by atoms with E-state index in [1.54, 1.807) is 0 Å². The van der Waals surface area contributed by atoms with E-state index in [1.165, 1.54) is 6.08 Å². The van der Waals surface area contributed by atoms with Gasteiger partial charge in [-0.1, -0.05) is 6.08 Å². The van der Waals surface area contributed by atoms with Crippen LogP contribution in [0, 0.1) is 5.92 Å². The van der Waals surface area contributed by atoms with E-state index >= 15 is 0 Å². The molecular formula is C16H22O11. The lowest BCUT2D eigenvalue weighted by Crippen LogP contribution is -2.61. The van der Waals surface area contributed by atoms with Gasteiger partial charge in [-0.05, 0) is 12.0 Å². The third kappa shape index (κ3) is 3.26. The molecule has 8 atom stereocenters. The van der Waals surface area contributed by atoms with Crippen molar-refractivity contribution in [2.45, 2.75) is 49.0 Å². The molecule has 0 aromatic rings. The zero-order valence-electron chi connectivity index (χ0n) is 14.1. The van der Waals surface area contributed by atoms with Crippen LogP contribution in [-0.4, -0.2) is 97.5 Å². The van der Waals surface area contributed by atoms with Crippen LogP contribution in [0.1, 0.15) is 6.42 Å². The molecule has 0 saturated carbocycles. The molecule has 152 valence electrons. The monoisotopic (exact) mass is 390 g/mol. The summed E-state index contributed by atoms with van der Waals surface area (Å²) in [6.45, 7) is -1.15. The number of rotatable bonds is 5. The van der Waals surface area contributed by atoms with E-state index in [-0.39, 0.29) is 12.0 Å². The second-order valence-corrected chi connectivity index (χ2v) is 6.72. The van der Waals surface area contributed by atoms with Crippen LogP contribution in [0.15, 0.2) is 23.5 Å². The highest BCUT2D eigenvalue weighted by atomic mass is 16.8. The fraction of sp³-hybridized carbons (Fsp3) is 0.688. The molecule has 3 rings (SSSR count). The SMILES string of the molecule is O=C(O)C1=CO[C@@H](O[C@H]2O[C@@H](CO)[C@H](O)[C@H](O)[C@@H]2O)[C@@H]2C(CO)=CC[C@]12O. The molecule has 0 unspecified atom stereocenters. The Labute approximate surface area is 153 Å². The molecule has 11 heteroatoms. The summed E-state index contributed by atoms with van der Waals surface area (Å²) in [4.78, 5) is 11.4. The Morgan fingerprint density at radius 3 is 2.48 bits per heavy atom. The molecule has 0 spiro atoms. The maximum atomic E-state index is 11.4. The van der Waals surface area contributed by atoms with E-state index in [4.69, 9.17) is 14.2 Å². The van der Waals surface area contributed by atoms with Crippen molar-refractivity contribution in [3.05, 3.63) is 23.5 Å². The number of carboxylic acid groups (broad SMARTS) is 1. The third-order valence-electron chi connectivity index (χ3n) is 5.18. The predicted octanol–water partition coefficient (Wildman–Crippen LogP) is -3.20. The van der Waals surface area contributed by atoms with Crippen molar-refractivity contribution in [2.75, 3.05) is 13.2 Å². The Balaban J connectivity index is 1.86. The number of carbonyl (C=O) groups is 1. The van der Waals surface area contributed by atoms with Gasteiger partial charge in [-0.2, -0.15) is 0 Å². The first-order chi connectivity index (χ1) is 12.7. The highest BCUT2D eigenvalue weighted by molar-refractivity contribution is 5.89. The van der Waals surface area contributed by atoms with Gasteiger partial charge in [-0.25, -0.2) is 4.79 Å². The number of aliphatic hydroxyl groups is 6. The van der Waals surface area contributed by atoms with Crippen LogP contribution >= 0.6 is 0 Å². The van der Waals surface area contributed by atoms with Crippen molar-refractivity contribution in [2.24, 2.45) is 5.92 Å². The largest absolute Gasteiger partial charge is 0.478 e. The van der Waals surface area contributed by atoms with E-state index in [9.17, 15) is 40.5 Å². The van der Waals surface area contributed by atoms with Crippen molar-refractivity contribution in [3.63, 3.8) is 0 Å². The summed E-state index contributed by atoms with van der Waals surface area (Å²) >= 11 is 0.